The molecule has 0 aromatic heterocycles. The van der Waals surface area contributed by atoms with Gasteiger partial charge in [-0.05, 0) is 24.0 Å². The van der Waals surface area contributed by atoms with Gasteiger partial charge >= 0.3 is 0 Å². The molecule has 2 aromatic rings. The van der Waals surface area contributed by atoms with Crippen LogP contribution in [0.4, 0.5) is 0 Å². The standard InChI is InChI=1S/C20H26O2/c1-3-11-19(17-13-7-5-8-14-17)21-22-20(12-4-2)18-15-9-6-10-16-18/h5-10,13-16,19-20H,3-4,11-12H2,1-2H3. The van der Waals surface area contributed by atoms with E-state index >= 15 is 0 Å². The van der Waals surface area contributed by atoms with E-state index in [1.54, 1.807) is 0 Å². The Labute approximate surface area is 134 Å². The molecule has 2 rings (SSSR count). The summed E-state index contributed by atoms with van der Waals surface area (Å²) in [5, 5.41) is 0. The van der Waals surface area contributed by atoms with Crippen LogP contribution >= 0.6 is 0 Å². The summed E-state index contributed by atoms with van der Waals surface area (Å²) in [6.07, 6.45) is 4.03. The Morgan fingerprint density at radius 2 is 1.00 bits per heavy atom. The topological polar surface area (TPSA) is 18.5 Å². The fraction of sp³-hybridized carbons (Fsp3) is 0.400. The van der Waals surface area contributed by atoms with E-state index in [1.807, 2.05) is 36.4 Å². The Morgan fingerprint density at radius 3 is 1.32 bits per heavy atom. The summed E-state index contributed by atoms with van der Waals surface area (Å²) < 4.78 is 0. The third kappa shape index (κ3) is 4.97. The molecule has 0 saturated heterocycles. The van der Waals surface area contributed by atoms with Gasteiger partial charge in [-0.1, -0.05) is 87.4 Å². The summed E-state index contributed by atoms with van der Waals surface area (Å²) in [5.41, 5.74) is 2.35. The van der Waals surface area contributed by atoms with Crippen molar-refractivity contribution in [2.24, 2.45) is 0 Å². The van der Waals surface area contributed by atoms with Crippen molar-refractivity contribution in [2.75, 3.05) is 0 Å². The van der Waals surface area contributed by atoms with E-state index in [0.29, 0.717) is 0 Å². The maximum Gasteiger partial charge on any atom is 0.118 e. The highest BCUT2D eigenvalue weighted by molar-refractivity contribution is 5.18. The molecule has 2 unspecified atom stereocenters. The van der Waals surface area contributed by atoms with Crippen molar-refractivity contribution in [3.8, 4) is 0 Å². The Balaban J connectivity index is 2.03. The van der Waals surface area contributed by atoms with Crippen molar-refractivity contribution < 1.29 is 9.78 Å². The van der Waals surface area contributed by atoms with E-state index in [2.05, 4.69) is 38.1 Å². The zero-order chi connectivity index (χ0) is 15.6. The fourth-order valence-electron chi connectivity index (χ4n) is 2.53. The molecule has 0 aliphatic heterocycles. The second kappa shape index (κ2) is 9.39. The lowest BCUT2D eigenvalue weighted by Crippen LogP contribution is -2.10. The lowest BCUT2D eigenvalue weighted by atomic mass is 10.1. The maximum atomic E-state index is 5.84. The Bertz CT molecular complexity index is 460. The Hall–Kier alpha value is -1.64. The predicted octanol–water partition coefficient (Wildman–Crippen LogP) is 6.02. The molecule has 0 fully saturated rings. The van der Waals surface area contributed by atoms with Crippen LogP contribution in [-0.4, -0.2) is 0 Å². The molecule has 0 saturated carbocycles. The highest BCUT2D eigenvalue weighted by Gasteiger charge is 2.17. The number of rotatable bonds is 9. The summed E-state index contributed by atoms with van der Waals surface area (Å²) in [5.74, 6) is 0. The van der Waals surface area contributed by atoms with Crippen LogP contribution in [0.1, 0.15) is 62.9 Å². The largest absolute Gasteiger partial charge is 0.228 e. The molecular weight excluding hydrogens is 272 g/mol. The number of hydrogen-bond acceptors (Lipinski definition) is 2. The van der Waals surface area contributed by atoms with E-state index in [4.69, 9.17) is 9.78 Å². The van der Waals surface area contributed by atoms with Crippen molar-refractivity contribution in [2.45, 2.75) is 51.7 Å². The molecule has 0 aliphatic carbocycles. The smallest absolute Gasteiger partial charge is 0.118 e. The van der Waals surface area contributed by atoms with Gasteiger partial charge in [0, 0.05) is 0 Å². The van der Waals surface area contributed by atoms with Gasteiger partial charge in [0.1, 0.15) is 12.2 Å². The Kier molecular flexibility index (Phi) is 7.14. The SMILES string of the molecule is CCCC(OOC(CCC)c1ccccc1)c1ccccc1. The average Bonchev–Trinajstić information content (AvgIpc) is 2.59. The lowest BCUT2D eigenvalue weighted by Gasteiger charge is -2.22. The predicted molar refractivity (Wildman–Crippen MR) is 90.4 cm³/mol. The molecule has 0 radical (unpaired) electrons. The first-order valence-corrected chi connectivity index (χ1v) is 8.27. The second-order valence-electron chi connectivity index (χ2n) is 5.57. The third-order valence-corrected chi connectivity index (χ3v) is 3.73. The van der Waals surface area contributed by atoms with Gasteiger partial charge in [0.2, 0.25) is 0 Å². The minimum atomic E-state index is -0.00531. The fourth-order valence-corrected chi connectivity index (χ4v) is 2.53. The number of hydrogen-bond donors (Lipinski definition) is 0. The highest BCUT2D eigenvalue weighted by Crippen LogP contribution is 2.28. The molecule has 0 heterocycles. The minimum absolute atomic E-state index is 0.00531. The van der Waals surface area contributed by atoms with E-state index in [0.717, 1.165) is 25.7 Å². The minimum Gasteiger partial charge on any atom is -0.228 e. The van der Waals surface area contributed by atoms with Crippen molar-refractivity contribution in [1.82, 2.24) is 0 Å². The van der Waals surface area contributed by atoms with E-state index in [1.165, 1.54) is 11.1 Å². The monoisotopic (exact) mass is 298 g/mol. The molecule has 0 bridgehead atoms. The van der Waals surface area contributed by atoms with E-state index in [-0.39, 0.29) is 12.2 Å². The van der Waals surface area contributed by atoms with E-state index < -0.39 is 0 Å². The van der Waals surface area contributed by atoms with Crippen LogP contribution in [0.5, 0.6) is 0 Å². The molecule has 0 spiro atoms. The molecule has 0 aliphatic rings. The molecule has 22 heavy (non-hydrogen) atoms. The first kappa shape index (κ1) is 16.7. The van der Waals surface area contributed by atoms with Crippen LogP contribution in [-0.2, 0) is 9.78 Å². The van der Waals surface area contributed by atoms with Crippen LogP contribution in [0.3, 0.4) is 0 Å². The molecule has 2 nitrogen and oxygen atoms in total. The number of benzene rings is 2. The lowest BCUT2D eigenvalue weighted by molar-refractivity contribution is -0.359. The molecule has 0 N–H and O–H groups in total. The molecule has 2 aromatic carbocycles. The van der Waals surface area contributed by atoms with Gasteiger partial charge in [-0.3, -0.25) is 0 Å². The van der Waals surface area contributed by atoms with Gasteiger partial charge in [0.25, 0.3) is 0 Å². The van der Waals surface area contributed by atoms with Gasteiger partial charge in [0.05, 0.1) is 0 Å². The van der Waals surface area contributed by atoms with Crippen molar-refractivity contribution >= 4 is 0 Å². The Morgan fingerprint density at radius 1 is 0.636 bits per heavy atom. The molecule has 2 atom stereocenters. The zero-order valence-electron chi connectivity index (χ0n) is 13.6. The van der Waals surface area contributed by atoms with Crippen molar-refractivity contribution in [3.05, 3.63) is 71.8 Å². The summed E-state index contributed by atoms with van der Waals surface area (Å²) in [4.78, 5) is 11.7. The molecule has 118 valence electrons. The van der Waals surface area contributed by atoms with Crippen LogP contribution in [0.25, 0.3) is 0 Å². The maximum absolute atomic E-state index is 5.84. The van der Waals surface area contributed by atoms with E-state index in [9.17, 15) is 0 Å². The quantitative estimate of drug-likeness (QED) is 0.416. The van der Waals surface area contributed by atoms with Gasteiger partial charge in [-0.2, -0.15) is 0 Å². The summed E-state index contributed by atoms with van der Waals surface area (Å²) in [6, 6.07) is 20.6. The van der Waals surface area contributed by atoms with Crippen LogP contribution in [0, 0.1) is 0 Å². The van der Waals surface area contributed by atoms with Crippen LogP contribution in [0.15, 0.2) is 60.7 Å². The first-order chi connectivity index (χ1) is 10.8. The third-order valence-electron chi connectivity index (χ3n) is 3.73. The summed E-state index contributed by atoms with van der Waals surface area (Å²) in [7, 11) is 0. The van der Waals surface area contributed by atoms with Crippen molar-refractivity contribution in [1.29, 1.82) is 0 Å². The zero-order valence-corrected chi connectivity index (χ0v) is 13.6. The first-order valence-electron chi connectivity index (χ1n) is 8.27. The average molecular weight is 298 g/mol. The second-order valence-corrected chi connectivity index (χ2v) is 5.57. The summed E-state index contributed by atoms with van der Waals surface area (Å²) in [6.45, 7) is 4.33. The highest BCUT2D eigenvalue weighted by atomic mass is 17.2. The molecular formula is C20H26O2. The molecule has 0 amide bonds. The normalized spacial score (nSPS) is 13.7. The van der Waals surface area contributed by atoms with Gasteiger partial charge < -0.3 is 0 Å². The molecule has 2 heteroatoms. The van der Waals surface area contributed by atoms with Crippen LogP contribution in [0.2, 0.25) is 0 Å². The van der Waals surface area contributed by atoms with Gasteiger partial charge in [-0.15, -0.1) is 0 Å². The van der Waals surface area contributed by atoms with Gasteiger partial charge in [-0.25, -0.2) is 9.78 Å². The van der Waals surface area contributed by atoms with Gasteiger partial charge in [0.15, 0.2) is 0 Å². The van der Waals surface area contributed by atoms with Crippen molar-refractivity contribution in [3.63, 3.8) is 0 Å². The summed E-state index contributed by atoms with van der Waals surface area (Å²) >= 11 is 0. The van der Waals surface area contributed by atoms with Crippen LogP contribution < -0.4 is 0 Å².